The molecular formula is C16H13Cl2N3. The number of benzene rings is 2. The van der Waals surface area contributed by atoms with E-state index in [-0.39, 0.29) is 0 Å². The van der Waals surface area contributed by atoms with Crippen molar-refractivity contribution in [1.82, 2.24) is 9.78 Å². The van der Waals surface area contributed by atoms with Crippen molar-refractivity contribution in [3.63, 3.8) is 0 Å². The summed E-state index contributed by atoms with van der Waals surface area (Å²) in [6, 6.07) is 15.0. The first-order valence-corrected chi connectivity index (χ1v) is 7.19. The summed E-state index contributed by atoms with van der Waals surface area (Å²) in [5.41, 5.74) is 9.49. The molecule has 1 heterocycles. The molecule has 2 aromatic carbocycles. The van der Waals surface area contributed by atoms with Crippen LogP contribution in [0, 0.1) is 6.92 Å². The van der Waals surface area contributed by atoms with Crippen LogP contribution in [0.4, 0.5) is 5.82 Å². The Morgan fingerprint density at radius 3 is 2.48 bits per heavy atom. The van der Waals surface area contributed by atoms with Gasteiger partial charge in [0.15, 0.2) is 0 Å². The highest BCUT2D eigenvalue weighted by Crippen LogP contribution is 2.34. The summed E-state index contributed by atoms with van der Waals surface area (Å²) in [4.78, 5) is 0. The van der Waals surface area contributed by atoms with Gasteiger partial charge in [0.1, 0.15) is 5.82 Å². The Bertz CT molecular complexity index is 795. The van der Waals surface area contributed by atoms with E-state index in [2.05, 4.69) is 5.10 Å². The topological polar surface area (TPSA) is 43.8 Å². The van der Waals surface area contributed by atoms with Crippen LogP contribution in [-0.2, 0) is 0 Å². The Hall–Kier alpha value is -1.97. The first-order valence-electron chi connectivity index (χ1n) is 6.44. The molecule has 0 aliphatic rings. The Morgan fingerprint density at radius 1 is 1.05 bits per heavy atom. The van der Waals surface area contributed by atoms with E-state index in [4.69, 9.17) is 28.9 Å². The van der Waals surface area contributed by atoms with E-state index in [1.807, 2.05) is 37.3 Å². The molecule has 0 unspecified atom stereocenters. The largest absolute Gasteiger partial charge is 0.383 e. The molecule has 0 bridgehead atoms. The fraction of sp³-hybridized carbons (Fsp3) is 0.0625. The second kappa shape index (κ2) is 5.43. The minimum atomic E-state index is 0.590. The van der Waals surface area contributed by atoms with E-state index < -0.39 is 0 Å². The molecule has 21 heavy (non-hydrogen) atoms. The van der Waals surface area contributed by atoms with Gasteiger partial charge in [0.2, 0.25) is 0 Å². The van der Waals surface area contributed by atoms with Crippen molar-refractivity contribution < 1.29 is 0 Å². The summed E-state index contributed by atoms with van der Waals surface area (Å²) in [6.07, 6.45) is 0. The van der Waals surface area contributed by atoms with Crippen LogP contribution in [0.3, 0.4) is 0 Å². The number of anilines is 1. The second-order valence-corrected chi connectivity index (χ2v) is 5.57. The Morgan fingerprint density at radius 2 is 1.76 bits per heavy atom. The number of hydrogen-bond donors (Lipinski definition) is 1. The molecular weight excluding hydrogens is 305 g/mol. The van der Waals surface area contributed by atoms with Crippen molar-refractivity contribution in [3.8, 4) is 16.9 Å². The Kier molecular flexibility index (Phi) is 3.62. The zero-order valence-corrected chi connectivity index (χ0v) is 12.9. The van der Waals surface area contributed by atoms with E-state index >= 15 is 0 Å². The minimum absolute atomic E-state index is 0.590. The van der Waals surface area contributed by atoms with E-state index in [0.29, 0.717) is 15.9 Å². The van der Waals surface area contributed by atoms with E-state index in [1.54, 1.807) is 22.9 Å². The molecule has 3 nitrogen and oxygen atoms in total. The molecule has 0 radical (unpaired) electrons. The maximum absolute atomic E-state index is 6.26. The molecule has 0 aliphatic carbocycles. The normalized spacial score (nSPS) is 10.8. The van der Waals surface area contributed by atoms with Gasteiger partial charge in [0.25, 0.3) is 0 Å². The first-order chi connectivity index (χ1) is 10.1. The average Bonchev–Trinajstić information content (AvgIpc) is 2.79. The summed E-state index contributed by atoms with van der Waals surface area (Å²) in [5, 5.41) is 5.81. The Balaban J connectivity index is 2.20. The summed E-state index contributed by atoms with van der Waals surface area (Å²) in [5.74, 6) is 0.590. The van der Waals surface area contributed by atoms with Gasteiger partial charge in [0, 0.05) is 16.1 Å². The minimum Gasteiger partial charge on any atom is -0.383 e. The lowest BCUT2D eigenvalue weighted by Crippen LogP contribution is -2.01. The zero-order chi connectivity index (χ0) is 15.0. The van der Waals surface area contributed by atoms with Gasteiger partial charge in [-0.25, -0.2) is 4.68 Å². The summed E-state index contributed by atoms with van der Waals surface area (Å²) < 4.78 is 1.71. The number of rotatable bonds is 2. The van der Waals surface area contributed by atoms with Gasteiger partial charge in [-0.1, -0.05) is 41.4 Å². The van der Waals surface area contributed by atoms with Gasteiger partial charge in [-0.15, -0.1) is 0 Å². The fourth-order valence-corrected chi connectivity index (χ4v) is 2.59. The van der Waals surface area contributed by atoms with Crippen molar-refractivity contribution in [2.24, 2.45) is 0 Å². The highest BCUT2D eigenvalue weighted by atomic mass is 35.5. The quantitative estimate of drug-likeness (QED) is 0.742. The van der Waals surface area contributed by atoms with Crippen LogP contribution >= 0.6 is 23.2 Å². The molecule has 5 heteroatoms. The highest BCUT2D eigenvalue weighted by Gasteiger charge is 2.17. The van der Waals surface area contributed by atoms with Gasteiger partial charge in [0.05, 0.1) is 16.4 Å². The number of para-hydroxylation sites is 1. The molecule has 0 saturated heterocycles. The standard InChI is InChI=1S/C16H13Cl2N3/c1-10-15(13-9-11(17)7-8-14(13)18)20-21(16(10)19)12-5-3-2-4-6-12/h2-9H,19H2,1H3. The van der Waals surface area contributed by atoms with Crippen molar-refractivity contribution in [3.05, 3.63) is 64.1 Å². The number of nitrogen functional groups attached to an aromatic ring is 1. The van der Waals surface area contributed by atoms with E-state index in [0.717, 1.165) is 22.5 Å². The third-order valence-corrected chi connectivity index (χ3v) is 3.92. The van der Waals surface area contributed by atoms with Gasteiger partial charge >= 0.3 is 0 Å². The lowest BCUT2D eigenvalue weighted by Gasteiger charge is -2.03. The smallest absolute Gasteiger partial charge is 0.130 e. The Labute approximate surface area is 132 Å². The summed E-state index contributed by atoms with van der Waals surface area (Å²) >= 11 is 12.3. The van der Waals surface area contributed by atoms with Crippen LogP contribution < -0.4 is 5.73 Å². The molecule has 0 spiro atoms. The van der Waals surface area contributed by atoms with Crippen LogP contribution in [0.2, 0.25) is 10.0 Å². The number of aromatic nitrogens is 2. The number of hydrogen-bond acceptors (Lipinski definition) is 2. The van der Waals surface area contributed by atoms with Crippen molar-refractivity contribution in [2.45, 2.75) is 6.92 Å². The molecule has 3 rings (SSSR count). The molecule has 1 aromatic heterocycles. The molecule has 106 valence electrons. The van der Waals surface area contributed by atoms with Crippen molar-refractivity contribution >= 4 is 29.0 Å². The van der Waals surface area contributed by atoms with E-state index in [9.17, 15) is 0 Å². The summed E-state index contributed by atoms with van der Waals surface area (Å²) in [6.45, 7) is 1.92. The lowest BCUT2D eigenvalue weighted by atomic mass is 10.1. The SMILES string of the molecule is Cc1c(-c2cc(Cl)ccc2Cl)nn(-c2ccccc2)c1N. The molecule has 0 amide bonds. The third kappa shape index (κ3) is 2.50. The van der Waals surface area contributed by atoms with Crippen LogP contribution in [0.1, 0.15) is 5.56 Å². The predicted octanol–water partition coefficient (Wildman–Crippen LogP) is 4.74. The summed E-state index contributed by atoms with van der Waals surface area (Å²) in [7, 11) is 0. The molecule has 0 atom stereocenters. The van der Waals surface area contributed by atoms with Crippen LogP contribution in [0.5, 0.6) is 0 Å². The van der Waals surface area contributed by atoms with Crippen molar-refractivity contribution in [2.75, 3.05) is 5.73 Å². The monoisotopic (exact) mass is 317 g/mol. The van der Waals surface area contributed by atoms with E-state index in [1.165, 1.54) is 0 Å². The maximum Gasteiger partial charge on any atom is 0.130 e. The highest BCUT2D eigenvalue weighted by molar-refractivity contribution is 6.35. The number of nitrogens with two attached hydrogens (primary N) is 1. The van der Waals surface area contributed by atoms with Gasteiger partial charge in [-0.2, -0.15) is 5.10 Å². The van der Waals surface area contributed by atoms with Gasteiger partial charge in [-0.3, -0.25) is 0 Å². The fourth-order valence-electron chi connectivity index (χ4n) is 2.21. The van der Waals surface area contributed by atoms with Crippen LogP contribution in [-0.4, -0.2) is 9.78 Å². The molecule has 0 saturated carbocycles. The predicted molar refractivity (Wildman–Crippen MR) is 88.2 cm³/mol. The first kappa shape index (κ1) is 14.0. The van der Waals surface area contributed by atoms with Crippen molar-refractivity contribution in [1.29, 1.82) is 0 Å². The zero-order valence-electron chi connectivity index (χ0n) is 11.3. The third-order valence-electron chi connectivity index (χ3n) is 3.35. The number of nitrogens with zero attached hydrogens (tertiary/aromatic N) is 2. The maximum atomic E-state index is 6.26. The molecule has 3 aromatic rings. The second-order valence-electron chi connectivity index (χ2n) is 4.73. The molecule has 0 aliphatic heterocycles. The van der Waals surface area contributed by atoms with Crippen LogP contribution in [0.15, 0.2) is 48.5 Å². The molecule has 2 N–H and O–H groups in total. The number of halogens is 2. The lowest BCUT2D eigenvalue weighted by molar-refractivity contribution is 0.895. The van der Waals surface area contributed by atoms with Crippen LogP contribution in [0.25, 0.3) is 16.9 Å². The average molecular weight is 318 g/mol. The molecule has 0 fully saturated rings. The van der Waals surface area contributed by atoms with Gasteiger partial charge < -0.3 is 5.73 Å². The van der Waals surface area contributed by atoms with Gasteiger partial charge in [-0.05, 0) is 37.3 Å².